The zero-order chi connectivity index (χ0) is 22.8. The molecule has 0 saturated carbocycles. The van der Waals surface area contributed by atoms with Crippen molar-refractivity contribution < 1.29 is 14.3 Å². The molecule has 0 aliphatic carbocycles. The van der Waals surface area contributed by atoms with Gasteiger partial charge in [-0.25, -0.2) is 4.68 Å². The number of nitrogens with one attached hydrogen (secondary N) is 1. The van der Waals surface area contributed by atoms with E-state index in [4.69, 9.17) is 9.47 Å². The third kappa shape index (κ3) is 3.68. The summed E-state index contributed by atoms with van der Waals surface area (Å²) in [5.41, 5.74) is 1.93. The van der Waals surface area contributed by atoms with E-state index in [2.05, 4.69) is 10.4 Å². The van der Waals surface area contributed by atoms with Crippen LogP contribution in [-0.2, 0) is 18.4 Å². The molecule has 8 heteroatoms. The van der Waals surface area contributed by atoms with Gasteiger partial charge < -0.3 is 19.4 Å². The van der Waals surface area contributed by atoms with Crippen molar-refractivity contribution in [2.24, 2.45) is 7.05 Å². The summed E-state index contributed by atoms with van der Waals surface area (Å²) in [6.07, 6.45) is 1.67. The van der Waals surface area contributed by atoms with Crippen molar-refractivity contribution in [1.82, 2.24) is 19.7 Å². The number of nitrogens with zero attached hydrogens (tertiary/aromatic N) is 3. The zero-order valence-electron chi connectivity index (χ0n) is 18.6. The molecule has 8 nitrogen and oxygen atoms in total. The summed E-state index contributed by atoms with van der Waals surface area (Å²) in [6.45, 7) is 4.53. The van der Waals surface area contributed by atoms with Crippen molar-refractivity contribution in [2.45, 2.75) is 26.4 Å². The maximum Gasteiger partial charge on any atom is 0.291 e. The average molecular weight is 434 g/mol. The van der Waals surface area contributed by atoms with Gasteiger partial charge in [0.05, 0.1) is 25.4 Å². The minimum absolute atomic E-state index is 0.194. The average Bonchev–Trinajstić information content (AvgIpc) is 3.14. The van der Waals surface area contributed by atoms with E-state index in [-0.39, 0.29) is 11.5 Å². The third-order valence-corrected chi connectivity index (χ3v) is 5.57. The number of amides is 1. The molecule has 0 aliphatic heterocycles. The molecule has 32 heavy (non-hydrogen) atoms. The van der Waals surface area contributed by atoms with Crippen LogP contribution in [0.2, 0.25) is 0 Å². The number of methoxy groups -OCH3 is 1. The number of hydrogen-bond acceptors (Lipinski definition) is 5. The van der Waals surface area contributed by atoms with E-state index in [1.54, 1.807) is 31.8 Å². The largest absolute Gasteiger partial charge is 0.493 e. The Kier molecular flexibility index (Phi) is 5.85. The van der Waals surface area contributed by atoms with Gasteiger partial charge in [-0.2, -0.15) is 5.10 Å². The molecule has 1 amide bonds. The summed E-state index contributed by atoms with van der Waals surface area (Å²) in [5.74, 6) is 1.08. The molecular weight excluding hydrogens is 408 g/mol. The van der Waals surface area contributed by atoms with Crippen LogP contribution in [0.1, 0.15) is 25.5 Å². The summed E-state index contributed by atoms with van der Waals surface area (Å²) in [7, 11) is 3.20. The van der Waals surface area contributed by atoms with Gasteiger partial charge in [0.2, 0.25) is 5.91 Å². The molecule has 0 aliphatic rings. The summed E-state index contributed by atoms with van der Waals surface area (Å²) < 4.78 is 14.0. The lowest BCUT2D eigenvalue weighted by molar-refractivity contribution is -0.123. The minimum atomic E-state index is -0.600. The second kappa shape index (κ2) is 8.74. The first kappa shape index (κ1) is 21.4. The zero-order valence-corrected chi connectivity index (χ0v) is 18.6. The lowest BCUT2D eigenvalue weighted by Gasteiger charge is -2.17. The molecule has 166 valence electrons. The molecule has 0 saturated heterocycles. The fourth-order valence-electron chi connectivity index (χ4n) is 3.94. The first-order chi connectivity index (χ1) is 15.5. The van der Waals surface area contributed by atoms with E-state index < -0.39 is 6.04 Å². The normalized spacial score (nSPS) is 12.1. The van der Waals surface area contributed by atoms with Crippen molar-refractivity contribution in [3.05, 3.63) is 64.6 Å². The fourth-order valence-corrected chi connectivity index (χ4v) is 3.94. The topological polar surface area (TPSA) is 87.4 Å². The van der Waals surface area contributed by atoms with Gasteiger partial charge in [-0.05, 0) is 37.6 Å². The van der Waals surface area contributed by atoms with Crippen LogP contribution in [0.25, 0.3) is 21.8 Å². The molecule has 2 aromatic heterocycles. The summed E-state index contributed by atoms with van der Waals surface area (Å²) >= 11 is 0. The number of para-hydroxylation sites is 1. The minimum Gasteiger partial charge on any atom is -0.493 e. The maximum absolute atomic E-state index is 13.1. The second-order valence-electron chi connectivity index (χ2n) is 7.53. The van der Waals surface area contributed by atoms with Gasteiger partial charge in [0.1, 0.15) is 11.6 Å². The first-order valence-electron chi connectivity index (χ1n) is 10.5. The molecule has 4 aromatic rings. The molecular formula is C24H26N4O4. The number of rotatable bonds is 7. The Morgan fingerprint density at radius 3 is 2.69 bits per heavy atom. The molecule has 0 radical (unpaired) electrons. The van der Waals surface area contributed by atoms with Crippen molar-refractivity contribution in [2.75, 3.05) is 13.7 Å². The molecule has 2 heterocycles. The lowest BCUT2D eigenvalue weighted by Crippen LogP contribution is -2.32. The van der Waals surface area contributed by atoms with E-state index in [1.165, 1.54) is 4.68 Å². The van der Waals surface area contributed by atoms with E-state index in [9.17, 15) is 9.59 Å². The van der Waals surface area contributed by atoms with Crippen molar-refractivity contribution in [3.63, 3.8) is 0 Å². The number of carbonyl (C=O) groups is 1. The molecule has 0 bridgehead atoms. The Morgan fingerprint density at radius 1 is 1.16 bits per heavy atom. The highest BCUT2D eigenvalue weighted by atomic mass is 16.5. The predicted octanol–water partition coefficient (Wildman–Crippen LogP) is 3.17. The Bertz CT molecular complexity index is 1360. The Hall–Kier alpha value is -3.81. The lowest BCUT2D eigenvalue weighted by atomic mass is 10.2. The SMILES string of the molecule is CCOc1cc(CNC(=O)[C@H](C)n2c3ccccc3c3cnn(C)c(=O)c32)ccc1OC. The number of hydrogen-bond donors (Lipinski definition) is 1. The summed E-state index contributed by atoms with van der Waals surface area (Å²) in [6, 6.07) is 12.6. The van der Waals surface area contributed by atoms with E-state index >= 15 is 0 Å². The number of aromatic nitrogens is 3. The number of aryl methyl sites for hydroxylation is 1. The van der Waals surface area contributed by atoms with Gasteiger partial charge in [-0.15, -0.1) is 0 Å². The van der Waals surface area contributed by atoms with Crippen LogP contribution in [-0.4, -0.2) is 34.0 Å². The van der Waals surface area contributed by atoms with Crippen LogP contribution in [0.15, 0.2) is 53.5 Å². The van der Waals surface area contributed by atoms with E-state index in [0.29, 0.717) is 30.2 Å². The Labute approximate surface area is 185 Å². The number of fused-ring (bicyclic) bond motifs is 3. The monoisotopic (exact) mass is 434 g/mol. The fraction of sp³-hybridized carbons (Fsp3) is 0.292. The van der Waals surface area contributed by atoms with Crippen molar-refractivity contribution in [3.8, 4) is 11.5 Å². The van der Waals surface area contributed by atoms with Crippen molar-refractivity contribution >= 4 is 27.7 Å². The smallest absolute Gasteiger partial charge is 0.291 e. The van der Waals surface area contributed by atoms with E-state index in [1.807, 2.05) is 49.4 Å². The highest BCUT2D eigenvalue weighted by molar-refractivity contribution is 6.08. The number of ether oxygens (including phenoxy) is 2. The molecule has 2 aromatic carbocycles. The van der Waals surface area contributed by atoms with Crippen LogP contribution < -0.4 is 20.3 Å². The number of benzene rings is 2. The molecule has 1 atom stereocenters. The van der Waals surface area contributed by atoms with Crippen molar-refractivity contribution in [1.29, 1.82) is 0 Å². The van der Waals surface area contributed by atoms with E-state index in [0.717, 1.165) is 21.9 Å². The predicted molar refractivity (Wildman–Crippen MR) is 123 cm³/mol. The highest BCUT2D eigenvalue weighted by Gasteiger charge is 2.23. The Morgan fingerprint density at radius 2 is 1.94 bits per heavy atom. The van der Waals surface area contributed by atoms with Gasteiger partial charge >= 0.3 is 0 Å². The molecule has 0 fully saturated rings. The highest BCUT2D eigenvalue weighted by Crippen LogP contribution is 2.30. The van der Waals surface area contributed by atoms with Gasteiger partial charge in [0, 0.05) is 24.4 Å². The van der Waals surface area contributed by atoms with Crippen LogP contribution in [0.5, 0.6) is 11.5 Å². The molecule has 0 unspecified atom stereocenters. The Balaban J connectivity index is 1.66. The third-order valence-electron chi connectivity index (χ3n) is 5.57. The second-order valence-corrected chi connectivity index (χ2v) is 7.53. The van der Waals surface area contributed by atoms with Gasteiger partial charge in [0.15, 0.2) is 11.5 Å². The quantitative estimate of drug-likeness (QED) is 0.483. The van der Waals surface area contributed by atoms with Crippen LogP contribution >= 0.6 is 0 Å². The standard InChI is InChI=1S/C24H26N4O4/c1-5-32-21-12-16(10-11-20(21)31-4)13-25-23(29)15(2)28-19-9-7-6-8-17(19)18-14-26-27(3)24(30)22(18)28/h6-12,14-15H,5,13H2,1-4H3,(H,25,29)/t15-/m0/s1. The van der Waals surface area contributed by atoms with Crippen LogP contribution in [0.3, 0.4) is 0 Å². The first-order valence-corrected chi connectivity index (χ1v) is 10.5. The van der Waals surface area contributed by atoms with Crippen LogP contribution in [0, 0.1) is 0 Å². The van der Waals surface area contributed by atoms with Gasteiger partial charge in [0.25, 0.3) is 5.56 Å². The summed E-state index contributed by atoms with van der Waals surface area (Å²) in [4.78, 5) is 26.0. The molecule has 4 rings (SSSR count). The summed E-state index contributed by atoms with van der Waals surface area (Å²) in [5, 5.41) is 8.76. The maximum atomic E-state index is 13.1. The van der Waals surface area contributed by atoms with Gasteiger partial charge in [-0.1, -0.05) is 24.3 Å². The number of carbonyl (C=O) groups excluding carboxylic acids is 1. The van der Waals surface area contributed by atoms with Crippen LogP contribution in [0.4, 0.5) is 0 Å². The van der Waals surface area contributed by atoms with Gasteiger partial charge in [-0.3, -0.25) is 9.59 Å². The molecule has 0 spiro atoms. The molecule has 1 N–H and O–H groups in total.